The molecule has 0 aromatic rings. The van der Waals surface area contributed by atoms with E-state index < -0.39 is 5.97 Å². The van der Waals surface area contributed by atoms with Crippen LogP contribution in [0.4, 0.5) is 0 Å². The third-order valence-electron chi connectivity index (χ3n) is 1.46. The fourth-order valence-corrected chi connectivity index (χ4v) is 0.968. The fourth-order valence-electron chi connectivity index (χ4n) is 0.968. The largest absolute Gasteiger partial charge is 0.427 e. The van der Waals surface area contributed by atoms with Crippen molar-refractivity contribution < 1.29 is 14.3 Å². The van der Waals surface area contributed by atoms with Crippen molar-refractivity contribution in [1.82, 2.24) is 4.90 Å². The number of allylic oxidation sites excluding steroid dienone is 2. The first kappa shape index (κ1) is 9.51. The Kier molecular flexibility index (Phi) is 2.51. The summed E-state index contributed by atoms with van der Waals surface area (Å²) >= 11 is 0. The van der Waals surface area contributed by atoms with Gasteiger partial charge in [-0.1, -0.05) is 0 Å². The first-order valence-corrected chi connectivity index (χ1v) is 3.84. The lowest BCUT2D eigenvalue weighted by molar-refractivity contribution is -0.137. The molecule has 0 aromatic carbocycles. The molecule has 0 atom stereocenters. The summed E-state index contributed by atoms with van der Waals surface area (Å²) in [5, 5.41) is 0. The maximum atomic E-state index is 11.3. The molecule has 0 N–H and O–H groups in total. The van der Waals surface area contributed by atoms with Crippen LogP contribution in [0.1, 0.15) is 6.92 Å². The number of carbonyl (C=O) groups excluding carboxylic acids is 2. The lowest BCUT2D eigenvalue weighted by atomic mass is 10.1. The van der Waals surface area contributed by atoms with Gasteiger partial charge in [0, 0.05) is 26.4 Å². The molecule has 1 rings (SSSR count). The van der Waals surface area contributed by atoms with Crippen molar-refractivity contribution in [2.45, 2.75) is 6.92 Å². The molecule has 1 aliphatic rings. The Hall–Kier alpha value is -1.58. The monoisotopic (exact) mass is 181 g/mol. The van der Waals surface area contributed by atoms with E-state index in [1.54, 1.807) is 25.9 Å². The van der Waals surface area contributed by atoms with Gasteiger partial charge in [-0.15, -0.1) is 0 Å². The topological polar surface area (TPSA) is 46.6 Å². The number of hydrogen-bond donors (Lipinski definition) is 0. The predicted molar refractivity (Wildman–Crippen MR) is 46.6 cm³/mol. The highest BCUT2D eigenvalue weighted by Gasteiger charge is 2.24. The Labute approximate surface area is 76.5 Å². The summed E-state index contributed by atoms with van der Waals surface area (Å²) in [5.74, 6) is -0.549. The molecule has 0 aliphatic carbocycles. The molecular formula is C9H11NO3. The summed E-state index contributed by atoms with van der Waals surface area (Å²) < 4.78 is 4.78. The Morgan fingerprint density at radius 1 is 1.38 bits per heavy atom. The van der Waals surface area contributed by atoms with E-state index in [0.717, 1.165) is 0 Å². The number of rotatable bonds is 1. The van der Waals surface area contributed by atoms with Crippen LogP contribution in [0.3, 0.4) is 0 Å². The van der Waals surface area contributed by atoms with Crippen molar-refractivity contribution in [2.24, 2.45) is 0 Å². The van der Waals surface area contributed by atoms with Gasteiger partial charge in [-0.05, 0) is 6.92 Å². The Morgan fingerprint density at radius 3 is 2.46 bits per heavy atom. The standard InChI is InChI=1S/C9H11NO3/c1-6-4-8(11)7(5-10(2)3)9(12)13-6/h4-5H,1-3H3/b7-5+. The SMILES string of the molecule is CC1=CC(=O)/C(=C\N(C)C)C(=O)O1. The van der Waals surface area contributed by atoms with Gasteiger partial charge < -0.3 is 9.64 Å². The van der Waals surface area contributed by atoms with Crippen molar-refractivity contribution in [3.8, 4) is 0 Å². The van der Waals surface area contributed by atoms with Gasteiger partial charge in [-0.3, -0.25) is 4.79 Å². The van der Waals surface area contributed by atoms with E-state index in [4.69, 9.17) is 4.74 Å². The lowest BCUT2D eigenvalue weighted by Gasteiger charge is -2.13. The van der Waals surface area contributed by atoms with E-state index in [9.17, 15) is 9.59 Å². The second kappa shape index (κ2) is 3.43. The van der Waals surface area contributed by atoms with E-state index in [-0.39, 0.29) is 11.4 Å². The number of nitrogens with zero attached hydrogens (tertiary/aromatic N) is 1. The molecule has 0 spiro atoms. The van der Waals surface area contributed by atoms with Crippen LogP contribution in [0.5, 0.6) is 0 Å². The maximum Gasteiger partial charge on any atom is 0.348 e. The van der Waals surface area contributed by atoms with Crippen molar-refractivity contribution in [3.63, 3.8) is 0 Å². The fraction of sp³-hybridized carbons (Fsp3) is 0.333. The molecular weight excluding hydrogens is 170 g/mol. The molecule has 0 unspecified atom stereocenters. The minimum Gasteiger partial charge on any atom is -0.427 e. The number of ketones is 1. The quantitative estimate of drug-likeness (QED) is 0.335. The molecule has 4 heteroatoms. The third kappa shape index (κ3) is 2.18. The molecule has 0 saturated carbocycles. The van der Waals surface area contributed by atoms with Gasteiger partial charge >= 0.3 is 5.97 Å². The number of ether oxygens (including phenoxy) is 1. The van der Waals surface area contributed by atoms with Crippen LogP contribution in [0.15, 0.2) is 23.6 Å². The van der Waals surface area contributed by atoms with E-state index in [1.807, 2.05) is 0 Å². The van der Waals surface area contributed by atoms with Gasteiger partial charge in [-0.2, -0.15) is 0 Å². The zero-order valence-electron chi connectivity index (χ0n) is 7.83. The van der Waals surface area contributed by atoms with Crippen LogP contribution in [0.25, 0.3) is 0 Å². The number of cyclic esters (lactones) is 1. The summed E-state index contributed by atoms with van der Waals surface area (Å²) in [6.07, 6.45) is 2.75. The molecule has 70 valence electrons. The minimum absolute atomic E-state index is 0.0654. The summed E-state index contributed by atoms with van der Waals surface area (Å²) in [6, 6.07) is 0. The van der Waals surface area contributed by atoms with E-state index in [2.05, 4.69) is 0 Å². The summed E-state index contributed by atoms with van der Waals surface area (Å²) in [6.45, 7) is 1.57. The summed E-state index contributed by atoms with van der Waals surface area (Å²) in [5.41, 5.74) is 0.0654. The second-order valence-corrected chi connectivity index (χ2v) is 3.02. The molecule has 0 saturated heterocycles. The van der Waals surface area contributed by atoms with E-state index in [0.29, 0.717) is 5.76 Å². The summed E-state index contributed by atoms with van der Waals surface area (Å²) in [7, 11) is 3.47. The molecule has 1 aliphatic heterocycles. The molecule has 0 aromatic heterocycles. The van der Waals surface area contributed by atoms with Gasteiger partial charge in [0.2, 0.25) is 0 Å². The molecule has 0 amide bonds. The molecule has 4 nitrogen and oxygen atoms in total. The first-order valence-electron chi connectivity index (χ1n) is 3.84. The third-order valence-corrected chi connectivity index (χ3v) is 1.46. The average molecular weight is 181 g/mol. The van der Waals surface area contributed by atoms with Crippen LogP contribution in [0.2, 0.25) is 0 Å². The lowest BCUT2D eigenvalue weighted by Crippen LogP contribution is -2.21. The van der Waals surface area contributed by atoms with E-state index >= 15 is 0 Å². The minimum atomic E-state index is -0.585. The van der Waals surface area contributed by atoms with Crippen molar-refractivity contribution in [1.29, 1.82) is 0 Å². The number of carbonyl (C=O) groups is 2. The van der Waals surface area contributed by atoms with E-state index in [1.165, 1.54) is 12.3 Å². The molecule has 1 heterocycles. The highest BCUT2D eigenvalue weighted by atomic mass is 16.5. The number of hydrogen-bond acceptors (Lipinski definition) is 4. The zero-order chi connectivity index (χ0) is 10.0. The molecule has 0 bridgehead atoms. The van der Waals surface area contributed by atoms with Gasteiger partial charge in [0.05, 0.1) is 0 Å². The average Bonchev–Trinajstić information content (AvgIpc) is 1.96. The molecule has 0 radical (unpaired) electrons. The van der Waals surface area contributed by atoms with Crippen LogP contribution >= 0.6 is 0 Å². The zero-order valence-corrected chi connectivity index (χ0v) is 7.83. The van der Waals surface area contributed by atoms with Gasteiger partial charge in [0.1, 0.15) is 11.3 Å². The van der Waals surface area contributed by atoms with Crippen molar-refractivity contribution in [3.05, 3.63) is 23.6 Å². The summed E-state index contributed by atoms with van der Waals surface area (Å²) in [4.78, 5) is 24.1. The van der Waals surface area contributed by atoms with Crippen LogP contribution < -0.4 is 0 Å². The van der Waals surface area contributed by atoms with Gasteiger partial charge in [0.25, 0.3) is 0 Å². The molecule has 13 heavy (non-hydrogen) atoms. The smallest absolute Gasteiger partial charge is 0.348 e. The van der Waals surface area contributed by atoms with Crippen molar-refractivity contribution in [2.75, 3.05) is 14.1 Å². The second-order valence-electron chi connectivity index (χ2n) is 3.02. The van der Waals surface area contributed by atoms with Crippen LogP contribution in [-0.2, 0) is 14.3 Å². The van der Waals surface area contributed by atoms with Crippen LogP contribution in [-0.4, -0.2) is 30.7 Å². The van der Waals surface area contributed by atoms with Crippen molar-refractivity contribution >= 4 is 11.8 Å². The Balaban J connectivity index is 3.00. The highest BCUT2D eigenvalue weighted by molar-refractivity contribution is 6.23. The Bertz CT molecular complexity index is 313. The van der Waals surface area contributed by atoms with Crippen LogP contribution in [0, 0.1) is 0 Å². The Morgan fingerprint density at radius 2 is 2.00 bits per heavy atom. The number of esters is 1. The van der Waals surface area contributed by atoms with Gasteiger partial charge in [-0.25, -0.2) is 4.79 Å². The highest BCUT2D eigenvalue weighted by Crippen LogP contribution is 2.13. The van der Waals surface area contributed by atoms with Gasteiger partial charge in [0.15, 0.2) is 5.78 Å². The normalized spacial score (nSPS) is 19.9. The maximum absolute atomic E-state index is 11.3. The predicted octanol–water partition coefficient (Wildman–Crippen LogP) is 0.462. The molecule has 0 fully saturated rings. The first-order chi connectivity index (χ1) is 6.00.